The molecule has 0 bridgehead atoms. The van der Waals surface area contributed by atoms with Crippen LogP contribution in [0.2, 0.25) is 0 Å². The molecule has 2 N–H and O–H groups in total. The molecule has 112 valence electrons. The van der Waals surface area contributed by atoms with Crippen LogP contribution in [0, 0.1) is 0 Å². The second-order valence-corrected chi connectivity index (χ2v) is 5.86. The highest BCUT2D eigenvalue weighted by molar-refractivity contribution is 7.92. The zero-order valence-electron chi connectivity index (χ0n) is 10.4. The Hall–Kier alpha value is -1.77. The van der Waals surface area contributed by atoms with Crippen LogP contribution < -0.4 is 4.72 Å². The number of anilines is 1. The van der Waals surface area contributed by atoms with Crippen molar-refractivity contribution in [2.45, 2.75) is 19.5 Å². The molecular formula is C11H12F3NO4S. The van der Waals surface area contributed by atoms with Crippen molar-refractivity contribution in [3.8, 4) is 0 Å². The maximum atomic E-state index is 12.6. The van der Waals surface area contributed by atoms with Crippen LogP contribution in [-0.4, -0.2) is 25.2 Å². The highest BCUT2D eigenvalue weighted by Gasteiger charge is 2.32. The fourth-order valence-electron chi connectivity index (χ4n) is 1.47. The number of hydrogen-bond donors (Lipinski definition) is 2. The molecule has 0 heterocycles. The van der Waals surface area contributed by atoms with E-state index in [1.54, 1.807) is 6.92 Å². The van der Waals surface area contributed by atoms with Crippen molar-refractivity contribution >= 4 is 21.7 Å². The molecule has 0 saturated carbocycles. The minimum atomic E-state index is -4.77. The predicted octanol–water partition coefficient (Wildman–Crippen LogP) is 2.56. The number of benzene rings is 1. The first kappa shape index (κ1) is 16.3. The summed E-state index contributed by atoms with van der Waals surface area (Å²) < 4.78 is 62.8. The van der Waals surface area contributed by atoms with Crippen LogP contribution in [0.1, 0.15) is 29.3 Å². The number of aromatic carboxylic acids is 1. The normalized spacial score (nSPS) is 12.2. The second-order valence-electron chi connectivity index (χ2n) is 4.02. The van der Waals surface area contributed by atoms with E-state index in [0.717, 1.165) is 6.07 Å². The van der Waals surface area contributed by atoms with Gasteiger partial charge in [-0.1, -0.05) is 6.92 Å². The number of rotatable bonds is 5. The molecule has 9 heteroatoms. The van der Waals surface area contributed by atoms with Crippen LogP contribution in [0.4, 0.5) is 18.9 Å². The van der Waals surface area contributed by atoms with E-state index in [4.69, 9.17) is 5.11 Å². The first-order valence-corrected chi connectivity index (χ1v) is 7.16. The van der Waals surface area contributed by atoms with Crippen molar-refractivity contribution in [1.29, 1.82) is 0 Å². The maximum Gasteiger partial charge on any atom is 0.416 e. The van der Waals surface area contributed by atoms with E-state index >= 15 is 0 Å². The number of hydrogen-bond acceptors (Lipinski definition) is 3. The average Bonchev–Trinajstić information content (AvgIpc) is 2.26. The molecule has 1 rings (SSSR count). The molecular weight excluding hydrogens is 299 g/mol. The van der Waals surface area contributed by atoms with Crippen molar-refractivity contribution in [1.82, 2.24) is 0 Å². The molecule has 1 aromatic rings. The summed E-state index contributed by atoms with van der Waals surface area (Å²) in [5.41, 5.74) is -2.30. The summed E-state index contributed by atoms with van der Waals surface area (Å²) in [6.45, 7) is 1.59. The highest BCUT2D eigenvalue weighted by atomic mass is 32.2. The SMILES string of the molecule is CCCS(=O)(=O)Nc1cc(C(=O)O)cc(C(F)(F)F)c1. The van der Waals surface area contributed by atoms with Crippen molar-refractivity contribution in [3.63, 3.8) is 0 Å². The Balaban J connectivity index is 3.27. The average molecular weight is 311 g/mol. The van der Waals surface area contributed by atoms with Crippen molar-refractivity contribution < 1.29 is 31.5 Å². The summed E-state index contributed by atoms with van der Waals surface area (Å²) in [5, 5.41) is 8.76. The van der Waals surface area contributed by atoms with Gasteiger partial charge in [0.25, 0.3) is 0 Å². The number of nitrogens with one attached hydrogen (secondary N) is 1. The molecule has 0 aliphatic heterocycles. The van der Waals surface area contributed by atoms with Gasteiger partial charge < -0.3 is 5.11 Å². The lowest BCUT2D eigenvalue weighted by Crippen LogP contribution is -2.17. The van der Waals surface area contributed by atoms with E-state index in [1.165, 1.54) is 0 Å². The zero-order valence-corrected chi connectivity index (χ0v) is 11.2. The smallest absolute Gasteiger partial charge is 0.416 e. The summed E-state index contributed by atoms with van der Waals surface area (Å²) in [6, 6.07) is 1.84. The van der Waals surface area contributed by atoms with E-state index in [1.807, 2.05) is 4.72 Å². The van der Waals surface area contributed by atoms with Crippen molar-refractivity contribution in [2.75, 3.05) is 10.5 Å². The van der Waals surface area contributed by atoms with E-state index < -0.39 is 39.0 Å². The standard InChI is InChI=1S/C11H12F3NO4S/c1-2-3-20(18,19)15-9-5-7(10(16)17)4-8(6-9)11(12,13)14/h4-6,15H,2-3H2,1H3,(H,16,17). The monoisotopic (exact) mass is 311 g/mol. The summed E-state index contributed by atoms with van der Waals surface area (Å²) in [6.07, 6.45) is -4.49. The third-order valence-corrected chi connectivity index (χ3v) is 3.75. The van der Waals surface area contributed by atoms with Crippen molar-refractivity contribution in [2.24, 2.45) is 0 Å². The summed E-state index contributed by atoms with van der Waals surface area (Å²) in [7, 11) is -3.80. The summed E-state index contributed by atoms with van der Waals surface area (Å²) in [4.78, 5) is 10.8. The lowest BCUT2D eigenvalue weighted by atomic mass is 10.1. The lowest BCUT2D eigenvalue weighted by Gasteiger charge is -2.12. The molecule has 0 radical (unpaired) electrons. The molecule has 0 amide bonds. The van der Waals surface area contributed by atoms with Crippen molar-refractivity contribution in [3.05, 3.63) is 29.3 Å². The minimum absolute atomic E-state index is 0.272. The maximum absolute atomic E-state index is 12.6. The van der Waals surface area contributed by atoms with Gasteiger partial charge in [0.15, 0.2) is 0 Å². The van der Waals surface area contributed by atoms with Gasteiger partial charge in [-0.2, -0.15) is 13.2 Å². The van der Waals surface area contributed by atoms with Crippen LogP contribution >= 0.6 is 0 Å². The molecule has 0 fully saturated rings. The molecule has 5 nitrogen and oxygen atoms in total. The fraction of sp³-hybridized carbons (Fsp3) is 0.364. The third kappa shape index (κ3) is 4.41. The number of carboxylic acid groups (broad SMARTS) is 1. The van der Waals surface area contributed by atoms with Crippen LogP contribution in [0.3, 0.4) is 0 Å². The number of carbonyl (C=O) groups is 1. The molecule has 0 atom stereocenters. The van der Waals surface area contributed by atoms with Crippen LogP contribution in [0.5, 0.6) is 0 Å². The molecule has 20 heavy (non-hydrogen) atoms. The van der Waals surface area contributed by atoms with Gasteiger partial charge in [-0.3, -0.25) is 4.72 Å². The Labute approximate surface area is 113 Å². The molecule has 0 spiro atoms. The Kier molecular flexibility index (Phi) is 4.64. The summed E-state index contributed by atoms with van der Waals surface area (Å²) in [5.74, 6) is -1.85. The molecule has 0 unspecified atom stereocenters. The van der Waals surface area contributed by atoms with Crippen LogP contribution in [0.25, 0.3) is 0 Å². The van der Waals surface area contributed by atoms with Gasteiger partial charge in [0.1, 0.15) is 0 Å². The Morgan fingerprint density at radius 1 is 1.30 bits per heavy atom. The minimum Gasteiger partial charge on any atom is -0.478 e. The number of sulfonamides is 1. The number of alkyl halides is 3. The van der Waals surface area contributed by atoms with Gasteiger partial charge in [-0.05, 0) is 24.6 Å². The fourth-order valence-corrected chi connectivity index (χ4v) is 2.59. The number of carboxylic acids is 1. The molecule has 0 aliphatic rings. The van der Waals surface area contributed by atoms with Gasteiger partial charge >= 0.3 is 12.1 Å². The molecule has 0 aliphatic carbocycles. The second kappa shape index (κ2) is 5.70. The Bertz CT molecular complexity index is 611. The first-order chi connectivity index (χ1) is 9.05. The predicted molar refractivity (Wildman–Crippen MR) is 66.1 cm³/mol. The van der Waals surface area contributed by atoms with Gasteiger partial charge in [-0.25, -0.2) is 13.2 Å². The summed E-state index contributed by atoms with van der Waals surface area (Å²) >= 11 is 0. The molecule has 0 aromatic heterocycles. The topological polar surface area (TPSA) is 83.5 Å². The molecule has 1 aromatic carbocycles. The molecule has 0 saturated heterocycles. The van der Waals surface area contributed by atoms with Gasteiger partial charge in [0.05, 0.1) is 16.9 Å². The lowest BCUT2D eigenvalue weighted by molar-refractivity contribution is -0.137. The van der Waals surface area contributed by atoms with Crippen LogP contribution in [0.15, 0.2) is 18.2 Å². The Morgan fingerprint density at radius 3 is 2.35 bits per heavy atom. The van der Waals surface area contributed by atoms with Gasteiger partial charge in [0.2, 0.25) is 10.0 Å². The highest BCUT2D eigenvalue weighted by Crippen LogP contribution is 2.32. The largest absolute Gasteiger partial charge is 0.478 e. The Morgan fingerprint density at radius 2 is 1.90 bits per heavy atom. The third-order valence-electron chi connectivity index (χ3n) is 2.25. The van der Waals surface area contributed by atoms with E-state index in [0.29, 0.717) is 12.1 Å². The zero-order chi connectivity index (χ0) is 15.6. The van der Waals surface area contributed by atoms with E-state index in [2.05, 4.69) is 0 Å². The van der Waals surface area contributed by atoms with Crippen LogP contribution in [-0.2, 0) is 16.2 Å². The quantitative estimate of drug-likeness (QED) is 0.875. The van der Waals surface area contributed by atoms with E-state index in [-0.39, 0.29) is 12.2 Å². The van der Waals surface area contributed by atoms with E-state index in [9.17, 15) is 26.4 Å². The number of halogens is 3. The van der Waals surface area contributed by atoms with Gasteiger partial charge in [0, 0.05) is 5.69 Å². The first-order valence-electron chi connectivity index (χ1n) is 5.51. The van der Waals surface area contributed by atoms with Gasteiger partial charge in [-0.15, -0.1) is 0 Å².